The molecular formula is CH8I8N4S4. The molecule has 0 aliphatic carbocycles. The average molecular weight is 1220 g/mol. The first-order chi connectivity index (χ1) is 7.66. The summed E-state index contributed by atoms with van der Waals surface area (Å²) in [5, 5.41) is 0. The van der Waals surface area contributed by atoms with Crippen LogP contribution >= 0.6 is 194 Å². The van der Waals surface area contributed by atoms with E-state index in [9.17, 15) is 0 Å². The summed E-state index contributed by atoms with van der Waals surface area (Å²) in [4.78, 5) is 0. The van der Waals surface area contributed by atoms with Crippen LogP contribution in [0, 0.1) is 0 Å². The number of nitrogens with zero attached hydrogens (tertiary/aromatic N) is 4. The van der Waals surface area contributed by atoms with Crippen molar-refractivity contribution in [2.75, 3.05) is 0 Å². The molecule has 0 aromatic heterocycles. The van der Waals surface area contributed by atoms with Crippen molar-refractivity contribution >= 4 is 194 Å². The lowest BCUT2D eigenvalue weighted by Crippen LogP contribution is -0.884. The van der Waals surface area contributed by atoms with E-state index in [1.54, 1.807) is 0 Å². The molecule has 0 atom stereocenters. The van der Waals surface area contributed by atoms with E-state index in [1.807, 2.05) is 0 Å². The summed E-state index contributed by atoms with van der Waals surface area (Å²) in [5.41, 5.74) is 0. The minimum Gasteiger partial charge on any atom is -0.187 e. The molecule has 0 N–H and O–H groups in total. The van der Waals surface area contributed by atoms with Gasteiger partial charge in [0.25, 0.3) is 0 Å². The standard InChI is InChI=1S/CH4.4HI2NS/c;4*1-2-3-4/h1H4;4*4H. The molecule has 112 valence electrons. The molecule has 0 aromatic carbocycles. The Labute approximate surface area is 205 Å². The maximum atomic E-state index is 3.59. The lowest BCUT2D eigenvalue weighted by molar-refractivity contribution is 2.20. The summed E-state index contributed by atoms with van der Waals surface area (Å²) < 4.78 is 14.1. The third kappa shape index (κ3) is 86.0. The summed E-state index contributed by atoms with van der Waals surface area (Å²) in [7, 11) is 0. The summed E-state index contributed by atoms with van der Waals surface area (Å²) in [5.74, 6) is 0. The Bertz CT molecular complexity index is 130. The van der Waals surface area contributed by atoms with Crippen molar-refractivity contribution in [2.24, 2.45) is 10.2 Å². The fourth-order valence-corrected chi connectivity index (χ4v) is 0. The molecule has 0 aliphatic rings. The van der Waals surface area contributed by atoms with Crippen LogP contribution < -0.4 is 0 Å². The molecule has 17 heavy (non-hydrogen) atoms. The highest BCUT2D eigenvalue weighted by Gasteiger charge is 1.40. The summed E-state index contributed by atoms with van der Waals surface area (Å²) in [6, 6.07) is 0. The predicted octanol–water partition coefficient (Wildman–Crippen LogP) is 9.98. The lowest BCUT2D eigenvalue weighted by atomic mass is 12.0. The zero-order chi connectivity index (χ0) is 13.7. The Balaban J connectivity index is -0.0000000369. The molecule has 0 radical (unpaired) electrons. The SMILES string of the molecule is C.SN=II.SN=II.SN=II.SN=II. The fourth-order valence-electron chi connectivity index (χ4n) is 0. The maximum absolute atomic E-state index is 3.59. The van der Waals surface area contributed by atoms with Crippen LogP contribution in [0.4, 0.5) is 0 Å². The Kier molecular flexibility index (Phi) is 101. The maximum Gasteiger partial charge on any atom is 0.0782 e. The summed E-state index contributed by atoms with van der Waals surface area (Å²) in [6.07, 6.45) is 0. The summed E-state index contributed by atoms with van der Waals surface area (Å²) >= 11 is 23.5. The van der Waals surface area contributed by atoms with Gasteiger partial charge < -0.3 is 0 Å². The number of hydrogen-bond donors (Lipinski definition) is 4. The van der Waals surface area contributed by atoms with Crippen LogP contribution in [0.5, 0.6) is 0 Å². The van der Waals surface area contributed by atoms with Gasteiger partial charge in [0.15, 0.2) is 0 Å². The van der Waals surface area contributed by atoms with Gasteiger partial charge in [-0.2, -0.15) is 10.2 Å². The number of rotatable bonds is 0. The van der Waals surface area contributed by atoms with Crippen LogP contribution in [-0.4, -0.2) is 0 Å². The zero-order valence-electron chi connectivity index (χ0n) is 6.60. The van der Waals surface area contributed by atoms with E-state index in [0.29, 0.717) is 0 Å². The highest BCUT2D eigenvalue weighted by molar-refractivity contribution is 15.0. The molecule has 0 heterocycles. The Morgan fingerprint density at radius 2 is 0.588 bits per heavy atom. The van der Waals surface area contributed by atoms with Gasteiger partial charge in [0.2, 0.25) is 0 Å². The first-order valence-corrected chi connectivity index (χ1v) is 32.6. The molecule has 0 fully saturated rings. The molecule has 0 spiro atoms. The quantitative estimate of drug-likeness (QED) is 0.138. The zero-order valence-corrected chi connectivity index (χ0v) is 27.4. The first kappa shape index (κ1) is 34.7. The van der Waals surface area contributed by atoms with Gasteiger partial charge in [-0.25, -0.2) is 0 Å². The highest BCUT2D eigenvalue weighted by atomic mass is 128. The van der Waals surface area contributed by atoms with Crippen molar-refractivity contribution in [1.82, 2.24) is 0 Å². The average Bonchev–Trinajstić information content (AvgIpc) is 2.39. The van der Waals surface area contributed by atoms with Crippen LogP contribution in [0.3, 0.4) is 0 Å². The summed E-state index contributed by atoms with van der Waals surface area (Å²) in [6.45, 7) is 0. The molecule has 0 saturated carbocycles. The molecule has 0 rings (SSSR count). The van der Waals surface area contributed by atoms with Crippen molar-refractivity contribution in [3.63, 3.8) is 0 Å². The minimum atomic E-state index is 0. The monoisotopic (exact) mass is 1220 g/mol. The topological polar surface area (TPSA) is 49.4 Å². The third-order valence-electron chi connectivity index (χ3n) is 0.114. The van der Waals surface area contributed by atoms with Gasteiger partial charge in [-0.1, -0.05) is 7.43 Å². The van der Waals surface area contributed by atoms with Gasteiger partial charge in [-0.3, -0.25) is 0 Å². The molecule has 0 unspecified atom stereocenters. The normalized spacial score (nSPS) is 10.8. The van der Waals surface area contributed by atoms with Crippen molar-refractivity contribution in [2.45, 2.75) is 7.43 Å². The van der Waals surface area contributed by atoms with E-state index in [2.05, 4.69) is 136 Å². The molecule has 0 amide bonds. The highest BCUT2D eigenvalue weighted by Crippen LogP contribution is 2.12. The third-order valence-corrected chi connectivity index (χ3v) is 15.4. The van der Waals surface area contributed by atoms with E-state index in [1.165, 1.54) is 0 Å². The second kappa shape index (κ2) is 49.5. The molecule has 4 nitrogen and oxygen atoms in total. The number of thiol groups is 4. The molecule has 0 aliphatic heterocycles. The first-order valence-electron chi connectivity index (χ1n) is 2.05. The van der Waals surface area contributed by atoms with Crippen molar-refractivity contribution in [3.8, 4) is 0 Å². The van der Waals surface area contributed by atoms with Crippen LogP contribution in [0.15, 0.2) is 10.2 Å². The van der Waals surface area contributed by atoms with Crippen LogP contribution in [0.25, 0.3) is 0 Å². The van der Waals surface area contributed by atoms with Gasteiger partial charge in [-0.05, 0) is 51.3 Å². The van der Waals surface area contributed by atoms with Crippen LogP contribution in [0.1, 0.15) is 7.43 Å². The molecule has 0 aromatic rings. The van der Waals surface area contributed by atoms with Gasteiger partial charge in [-0.15, -0.1) is 0 Å². The second-order valence-corrected chi connectivity index (χ2v) is 17.6. The number of hydrogen-bond acceptors (Lipinski definition) is 8. The molecular weight excluding hydrogens is 1210 g/mol. The van der Waals surface area contributed by atoms with Gasteiger partial charge in [0.05, 0.1) is 68.2 Å². The van der Waals surface area contributed by atoms with Gasteiger partial charge >= 0.3 is 0 Å². The fraction of sp³-hybridized carbons (Fsp3) is 1.00. The molecule has 16 heteroatoms. The van der Waals surface area contributed by atoms with E-state index >= 15 is 0 Å². The van der Waals surface area contributed by atoms with E-state index in [0.717, 1.165) is 0 Å². The molecule has 0 saturated heterocycles. The Morgan fingerprint density at radius 1 is 0.529 bits per heavy atom. The Morgan fingerprint density at radius 3 is 0.588 bits per heavy atom. The second-order valence-electron chi connectivity index (χ2n) is 0.558. The lowest BCUT2D eigenvalue weighted by Gasteiger charge is -1.46. The largest absolute Gasteiger partial charge is 0.187 e. The van der Waals surface area contributed by atoms with Gasteiger partial charge in [0, 0.05) is 74.5 Å². The van der Waals surface area contributed by atoms with Gasteiger partial charge in [0.1, 0.15) is 0 Å². The van der Waals surface area contributed by atoms with Crippen molar-refractivity contribution in [3.05, 3.63) is 0 Å². The van der Waals surface area contributed by atoms with E-state index in [4.69, 9.17) is 0 Å². The van der Waals surface area contributed by atoms with Crippen molar-refractivity contribution < 1.29 is 0 Å². The number of halogens is 8. The van der Waals surface area contributed by atoms with Crippen LogP contribution in [-0.2, 0) is 0 Å². The van der Waals surface area contributed by atoms with E-state index < -0.39 is 0 Å². The van der Waals surface area contributed by atoms with Crippen LogP contribution in [0.2, 0.25) is 0 Å². The Hall–Kier alpha value is 6.44. The van der Waals surface area contributed by atoms with E-state index in [-0.39, 0.29) is 75.7 Å². The smallest absolute Gasteiger partial charge is 0.0782 e. The van der Waals surface area contributed by atoms with Crippen molar-refractivity contribution in [1.29, 1.82) is 0 Å². The predicted molar refractivity (Wildman–Crippen MR) is 165 cm³/mol. The molecule has 0 bridgehead atoms. The minimum absolute atomic E-state index is 0.